The number of fused-ring (bicyclic) bond motifs is 2. The zero-order chi connectivity index (χ0) is 13.5. The Kier molecular flexibility index (Phi) is 3.78. The molecule has 3 unspecified atom stereocenters. The van der Waals surface area contributed by atoms with Gasteiger partial charge in [-0.25, -0.2) is 0 Å². The average molecular weight is 345 g/mol. The first-order chi connectivity index (χ1) is 9.13. The third-order valence-corrected chi connectivity index (χ3v) is 5.82. The van der Waals surface area contributed by atoms with Crippen LogP contribution in [0.5, 0.6) is 0 Å². The predicted molar refractivity (Wildman–Crippen MR) is 83.7 cm³/mol. The fourth-order valence-electron chi connectivity index (χ4n) is 3.39. The zero-order valence-corrected chi connectivity index (χ0v) is 13.2. The molecule has 2 fully saturated rings. The zero-order valence-electron chi connectivity index (χ0n) is 10.8. The molecule has 0 aromatic heterocycles. The summed E-state index contributed by atoms with van der Waals surface area (Å²) >= 11 is 9.53. The van der Waals surface area contributed by atoms with Crippen LogP contribution in [0.2, 0.25) is 5.02 Å². The summed E-state index contributed by atoms with van der Waals surface area (Å²) in [5.74, 6) is 0.653. The molecule has 0 aliphatic carbocycles. The minimum atomic E-state index is 0.0419. The van der Waals surface area contributed by atoms with Crippen molar-refractivity contribution in [3.63, 3.8) is 0 Å². The highest BCUT2D eigenvalue weighted by Gasteiger charge is 2.45. The van der Waals surface area contributed by atoms with Crippen LogP contribution in [-0.4, -0.2) is 36.6 Å². The van der Waals surface area contributed by atoms with Crippen molar-refractivity contribution in [3.05, 3.63) is 27.7 Å². The number of nitrogens with two attached hydrogens (primary N) is 1. The summed E-state index contributed by atoms with van der Waals surface area (Å²) in [5.41, 5.74) is 7.26. The van der Waals surface area contributed by atoms with Gasteiger partial charge in [-0.1, -0.05) is 11.6 Å². The van der Waals surface area contributed by atoms with Gasteiger partial charge in [0.15, 0.2) is 0 Å². The average Bonchev–Trinajstić information content (AvgIpc) is 2.82. The van der Waals surface area contributed by atoms with Crippen LogP contribution < -0.4 is 11.1 Å². The molecule has 3 rings (SSSR count). The number of hydrogen-bond acceptors (Lipinski definition) is 3. The van der Waals surface area contributed by atoms with Gasteiger partial charge in [-0.05, 0) is 59.4 Å². The molecular formula is C14H19BrClN3. The number of halogens is 2. The third-order valence-electron chi connectivity index (χ3n) is 4.61. The Balaban J connectivity index is 1.84. The van der Waals surface area contributed by atoms with Crippen LogP contribution in [0.4, 0.5) is 5.69 Å². The van der Waals surface area contributed by atoms with E-state index in [0.717, 1.165) is 28.1 Å². The van der Waals surface area contributed by atoms with Gasteiger partial charge < -0.3 is 16.0 Å². The van der Waals surface area contributed by atoms with E-state index < -0.39 is 0 Å². The van der Waals surface area contributed by atoms with Crippen LogP contribution in [0.15, 0.2) is 22.7 Å². The Morgan fingerprint density at radius 1 is 1.47 bits per heavy atom. The van der Waals surface area contributed by atoms with Crippen molar-refractivity contribution in [1.82, 2.24) is 4.90 Å². The van der Waals surface area contributed by atoms with E-state index in [1.54, 1.807) is 0 Å². The van der Waals surface area contributed by atoms with Crippen molar-refractivity contribution < 1.29 is 0 Å². The van der Waals surface area contributed by atoms with E-state index in [0.29, 0.717) is 12.5 Å². The fourth-order valence-corrected chi connectivity index (χ4v) is 3.89. The molecule has 2 saturated heterocycles. The van der Waals surface area contributed by atoms with Gasteiger partial charge in [0.25, 0.3) is 0 Å². The molecule has 2 heterocycles. The standard InChI is InChI=1S/C14H19BrClN3/c15-12-7-11(1-2-13(12)16)18-14(9-17)4-6-19-5-3-10(14)8-19/h1-2,7,10,18H,3-6,8-9,17H2. The van der Waals surface area contributed by atoms with Gasteiger partial charge in [-0.3, -0.25) is 0 Å². The molecule has 3 N–H and O–H groups in total. The van der Waals surface area contributed by atoms with Crippen molar-refractivity contribution in [2.75, 3.05) is 31.5 Å². The summed E-state index contributed by atoms with van der Waals surface area (Å²) in [7, 11) is 0. The Bertz CT molecular complexity index is 482. The molecule has 0 amide bonds. The number of hydrogen-bond donors (Lipinski definition) is 2. The molecule has 3 nitrogen and oxygen atoms in total. The number of rotatable bonds is 3. The first-order valence-electron chi connectivity index (χ1n) is 6.79. The van der Waals surface area contributed by atoms with Gasteiger partial charge in [-0.15, -0.1) is 0 Å². The largest absolute Gasteiger partial charge is 0.378 e. The summed E-state index contributed by atoms with van der Waals surface area (Å²) in [6.45, 7) is 4.23. The molecule has 0 saturated carbocycles. The van der Waals surface area contributed by atoms with E-state index in [1.165, 1.54) is 19.5 Å². The molecule has 5 heteroatoms. The molecule has 19 heavy (non-hydrogen) atoms. The second kappa shape index (κ2) is 5.24. The maximum atomic E-state index is 6.12. The van der Waals surface area contributed by atoms with E-state index in [-0.39, 0.29) is 5.54 Å². The van der Waals surface area contributed by atoms with E-state index in [2.05, 4.69) is 26.1 Å². The molecule has 1 aromatic carbocycles. The lowest BCUT2D eigenvalue weighted by atomic mass is 9.78. The molecule has 2 aliphatic heterocycles. The van der Waals surface area contributed by atoms with E-state index in [9.17, 15) is 0 Å². The van der Waals surface area contributed by atoms with Crippen molar-refractivity contribution >= 4 is 33.2 Å². The molecule has 3 atom stereocenters. The van der Waals surface area contributed by atoms with E-state index in [4.69, 9.17) is 17.3 Å². The monoisotopic (exact) mass is 343 g/mol. The SMILES string of the molecule is NCC1(Nc2ccc(Cl)c(Br)c2)CCN2CCC1C2. The van der Waals surface area contributed by atoms with Crippen LogP contribution in [0.1, 0.15) is 12.8 Å². The Labute approximate surface area is 127 Å². The third kappa shape index (κ3) is 2.51. The van der Waals surface area contributed by atoms with Gasteiger partial charge in [0.2, 0.25) is 0 Å². The van der Waals surface area contributed by atoms with Gasteiger partial charge in [0, 0.05) is 29.8 Å². The van der Waals surface area contributed by atoms with Gasteiger partial charge in [-0.2, -0.15) is 0 Å². The number of anilines is 1. The van der Waals surface area contributed by atoms with Gasteiger partial charge >= 0.3 is 0 Å². The lowest BCUT2D eigenvalue weighted by Crippen LogP contribution is -2.56. The van der Waals surface area contributed by atoms with Crippen molar-refractivity contribution in [3.8, 4) is 0 Å². The highest BCUT2D eigenvalue weighted by Crippen LogP contribution is 2.38. The van der Waals surface area contributed by atoms with Gasteiger partial charge in [0.1, 0.15) is 0 Å². The van der Waals surface area contributed by atoms with Crippen molar-refractivity contribution in [2.24, 2.45) is 11.7 Å². The first-order valence-corrected chi connectivity index (χ1v) is 7.96. The molecule has 0 radical (unpaired) electrons. The number of nitrogens with one attached hydrogen (secondary N) is 1. The molecule has 0 spiro atoms. The smallest absolute Gasteiger partial charge is 0.0549 e. The maximum Gasteiger partial charge on any atom is 0.0549 e. The first kappa shape index (κ1) is 13.7. The van der Waals surface area contributed by atoms with E-state index in [1.807, 2.05) is 18.2 Å². The minimum Gasteiger partial charge on any atom is -0.378 e. The van der Waals surface area contributed by atoms with E-state index >= 15 is 0 Å². The fraction of sp³-hybridized carbons (Fsp3) is 0.571. The van der Waals surface area contributed by atoms with Crippen LogP contribution in [0.3, 0.4) is 0 Å². The normalized spacial score (nSPS) is 33.4. The Hall–Kier alpha value is -0.290. The molecule has 1 aromatic rings. The molecular weight excluding hydrogens is 326 g/mol. The summed E-state index contributed by atoms with van der Waals surface area (Å²) in [5, 5.41) is 4.44. The van der Waals surface area contributed by atoms with Crippen molar-refractivity contribution in [2.45, 2.75) is 18.4 Å². The quantitative estimate of drug-likeness (QED) is 0.886. The summed E-state index contributed by atoms with van der Waals surface area (Å²) in [6.07, 6.45) is 2.37. The van der Waals surface area contributed by atoms with Crippen LogP contribution in [-0.2, 0) is 0 Å². The second-order valence-corrected chi connectivity index (χ2v) is 6.91. The topological polar surface area (TPSA) is 41.3 Å². The predicted octanol–water partition coefficient (Wildman–Crippen LogP) is 2.94. The highest BCUT2D eigenvalue weighted by molar-refractivity contribution is 9.10. The lowest BCUT2D eigenvalue weighted by molar-refractivity contribution is 0.190. The highest BCUT2D eigenvalue weighted by atomic mass is 79.9. The summed E-state index contributed by atoms with van der Waals surface area (Å²) in [6, 6.07) is 5.99. The molecule has 2 bridgehead atoms. The molecule has 2 aliphatic rings. The Morgan fingerprint density at radius 3 is 3.05 bits per heavy atom. The van der Waals surface area contributed by atoms with Gasteiger partial charge in [0.05, 0.1) is 10.6 Å². The molecule has 104 valence electrons. The lowest BCUT2D eigenvalue weighted by Gasteiger charge is -2.43. The number of piperidine rings is 1. The number of nitrogens with zero attached hydrogens (tertiary/aromatic N) is 1. The van der Waals surface area contributed by atoms with Crippen LogP contribution in [0, 0.1) is 5.92 Å². The van der Waals surface area contributed by atoms with Crippen LogP contribution >= 0.6 is 27.5 Å². The van der Waals surface area contributed by atoms with Crippen molar-refractivity contribution in [1.29, 1.82) is 0 Å². The summed E-state index contributed by atoms with van der Waals surface area (Å²) < 4.78 is 0.926. The maximum absolute atomic E-state index is 6.12. The Morgan fingerprint density at radius 2 is 2.32 bits per heavy atom. The minimum absolute atomic E-state index is 0.0419. The summed E-state index contributed by atoms with van der Waals surface area (Å²) in [4.78, 5) is 2.54. The second-order valence-electron chi connectivity index (χ2n) is 5.65. The van der Waals surface area contributed by atoms with Crippen LogP contribution in [0.25, 0.3) is 0 Å². The number of benzene rings is 1.